The lowest BCUT2D eigenvalue weighted by atomic mass is 9.98. The number of rotatable bonds is 9. The molecule has 3 aromatic rings. The van der Waals surface area contributed by atoms with Crippen LogP contribution in [0.5, 0.6) is 0 Å². The summed E-state index contributed by atoms with van der Waals surface area (Å²) in [5.41, 5.74) is 0.625. The largest absolute Gasteiger partial charge is 0.356 e. The smallest absolute Gasteiger partial charge is 0.350 e. The van der Waals surface area contributed by atoms with Gasteiger partial charge in [-0.25, -0.2) is 4.39 Å². The van der Waals surface area contributed by atoms with Crippen LogP contribution < -0.4 is 10.6 Å². The molecule has 2 amide bonds. The van der Waals surface area contributed by atoms with Gasteiger partial charge in [-0.05, 0) is 52.1 Å². The zero-order chi connectivity index (χ0) is 29.9. The lowest BCUT2D eigenvalue weighted by Gasteiger charge is -2.27. The second-order valence-electron chi connectivity index (χ2n) is 11.2. The fraction of sp³-hybridized carbons (Fsp3) is 0.393. The number of likely N-dealkylation sites (tertiary alicyclic amines) is 1. The molecule has 41 heavy (non-hydrogen) atoms. The zero-order valence-corrected chi connectivity index (χ0v) is 24.5. The Kier molecular flexibility index (Phi) is 7.63. The second-order valence-corrected chi connectivity index (χ2v) is 13.3. The zero-order valence-electron chi connectivity index (χ0n) is 22.8. The highest BCUT2D eigenvalue weighted by Crippen LogP contribution is 2.59. The van der Waals surface area contributed by atoms with Crippen molar-refractivity contribution in [3.05, 3.63) is 64.6 Å². The summed E-state index contributed by atoms with van der Waals surface area (Å²) in [7, 11) is -0.727. The maximum absolute atomic E-state index is 14.4. The number of hydrogen-bond acceptors (Lipinski definition) is 5. The predicted octanol–water partition coefficient (Wildman–Crippen LogP) is 2.68. The van der Waals surface area contributed by atoms with E-state index in [0.717, 1.165) is 6.42 Å². The van der Waals surface area contributed by atoms with Gasteiger partial charge in [0.15, 0.2) is 5.78 Å². The van der Waals surface area contributed by atoms with Gasteiger partial charge in [-0.2, -0.15) is 0 Å². The van der Waals surface area contributed by atoms with Gasteiger partial charge in [0.05, 0.1) is 15.8 Å². The Morgan fingerprint density at radius 2 is 1.93 bits per heavy atom. The van der Waals surface area contributed by atoms with E-state index < -0.39 is 25.4 Å². The molecule has 3 atom stereocenters. The Morgan fingerprint density at radius 3 is 2.59 bits per heavy atom. The number of carbonyl (C=O) groups excluding carboxylic acids is 3. The Labute approximate surface area is 241 Å². The van der Waals surface area contributed by atoms with Gasteiger partial charge in [-0.1, -0.05) is 29.8 Å². The van der Waals surface area contributed by atoms with Crippen molar-refractivity contribution in [1.82, 2.24) is 19.7 Å². The molecule has 0 radical (unpaired) electrons. The fourth-order valence-electron chi connectivity index (χ4n) is 6.16. The first kappa shape index (κ1) is 29.4. The Balaban J connectivity index is 1.44. The number of fused-ring (bicyclic) bond motifs is 2. The average molecular weight is 605 g/mol. The van der Waals surface area contributed by atoms with Crippen LogP contribution in [0.2, 0.25) is 5.02 Å². The number of aromatic nitrogens is 1. The van der Waals surface area contributed by atoms with E-state index in [1.165, 1.54) is 48.0 Å². The maximum atomic E-state index is 14.4. The van der Waals surface area contributed by atoms with Gasteiger partial charge in [0.2, 0.25) is 11.8 Å². The topological polar surface area (TPSA) is 132 Å². The summed E-state index contributed by atoms with van der Waals surface area (Å²) >= 11 is 5.87. The molecule has 1 aromatic heterocycles. The third-order valence-electron chi connectivity index (χ3n) is 8.01. The van der Waals surface area contributed by atoms with Crippen LogP contribution in [-0.4, -0.2) is 74.5 Å². The number of hydrogen-bond donors (Lipinski definition) is 3. The number of nitrogens with zero attached hydrogens (tertiary/aromatic N) is 3. The molecule has 1 aliphatic carbocycles. The number of halogens is 2. The maximum Gasteiger partial charge on any atom is 0.356 e. The quantitative estimate of drug-likeness (QED) is 0.253. The Morgan fingerprint density at radius 1 is 1.20 bits per heavy atom. The normalized spacial score (nSPS) is 21.8. The van der Waals surface area contributed by atoms with Crippen LogP contribution >= 0.6 is 19.2 Å². The van der Waals surface area contributed by atoms with Gasteiger partial charge >= 0.3 is 7.60 Å². The summed E-state index contributed by atoms with van der Waals surface area (Å²) in [6.07, 6.45) is 2.68. The third-order valence-corrected chi connectivity index (χ3v) is 9.25. The number of amides is 2. The highest BCUT2D eigenvalue weighted by molar-refractivity contribution is 7.60. The van der Waals surface area contributed by atoms with Gasteiger partial charge in [0.25, 0.3) is 0 Å². The van der Waals surface area contributed by atoms with Crippen molar-refractivity contribution in [1.29, 1.82) is 0 Å². The number of benzene rings is 2. The van der Waals surface area contributed by atoms with Crippen LogP contribution in [0.15, 0.2) is 42.6 Å². The van der Waals surface area contributed by atoms with Gasteiger partial charge in [0.1, 0.15) is 18.4 Å². The third kappa shape index (κ3) is 5.57. The predicted molar refractivity (Wildman–Crippen MR) is 152 cm³/mol. The summed E-state index contributed by atoms with van der Waals surface area (Å²) in [4.78, 5) is 62.6. The molecule has 10 nitrogen and oxygen atoms in total. The van der Waals surface area contributed by atoms with Gasteiger partial charge < -0.3 is 29.5 Å². The van der Waals surface area contributed by atoms with Gasteiger partial charge in [0, 0.05) is 47.3 Å². The molecule has 218 valence electrons. The first-order valence-electron chi connectivity index (χ1n) is 13.1. The molecule has 2 aliphatic rings. The van der Waals surface area contributed by atoms with Crippen molar-refractivity contribution in [2.24, 2.45) is 5.41 Å². The average Bonchev–Trinajstić information content (AvgIpc) is 3.28. The molecule has 3 unspecified atom stereocenters. The second kappa shape index (κ2) is 10.6. The van der Waals surface area contributed by atoms with E-state index in [0.29, 0.717) is 29.4 Å². The van der Waals surface area contributed by atoms with Crippen LogP contribution in [0.3, 0.4) is 0 Å². The molecule has 1 aliphatic heterocycles. The molecule has 2 aromatic carbocycles. The van der Waals surface area contributed by atoms with Crippen LogP contribution in [0, 0.1) is 11.2 Å². The molecule has 5 rings (SSSR count). The standard InChI is InChI=1S/C28H31ClFN4O6P/c1-16(35)20-13-33(22-9-18(41(38,39)40)7-8-19(20)22)14-25(36)34-23(10-28(11-24(28)34)15-32(2)3)27(37)31-12-17-5-4-6-21(29)26(17)30/h4-9,13,23-24H,10-12,14-15H2,1-3H3,(H,31,37)(H2,38,39,40). The fourth-order valence-corrected chi connectivity index (χ4v) is 6.91. The number of ketones is 1. The molecule has 1 saturated heterocycles. The van der Waals surface area contributed by atoms with Crippen LogP contribution in [0.4, 0.5) is 4.39 Å². The van der Waals surface area contributed by atoms with E-state index in [9.17, 15) is 33.1 Å². The van der Waals surface area contributed by atoms with Crippen LogP contribution in [0.25, 0.3) is 10.9 Å². The minimum atomic E-state index is -4.59. The van der Waals surface area contributed by atoms with E-state index in [2.05, 4.69) is 5.32 Å². The Bertz CT molecular complexity index is 1620. The van der Waals surface area contributed by atoms with E-state index >= 15 is 0 Å². The van der Waals surface area contributed by atoms with Crippen molar-refractivity contribution in [2.75, 3.05) is 20.6 Å². The van der Waals surface area contributed by atoms with Crippen molar-refractivity contribution in [2.45, 2.75) is 44.9 Å². The summed E-state index contributed by atoms with van der Waals surface area (Å²) in [5.74, 6) is -1.65. The minimum absolute atomic E-state index is 0.0496. The molecule has 2 heterocycles. The van der Waals surface area contributed by atoms with Gasteiger partial charge in [-0.15, -0.1) is 0 Å². The van der Waals surface area contributed by atoms with Gasteiger partial charge in [-0.3, -0.25) is 18.9 Å². The lowest BCUT2D eigenvalue weighted by Crippen LogP contribution is -2.48. The molecular formula is C28H31ClFN4O6P. The lowest BCUT2D eigenvalue weighted by molar-refractivity contribution is -0.140. The van der Waals surface area contributed by atoms with E-state index in [4.69, 9.17) is 11.6 Å². The summed E-state index contributed by atoms with van der Waals surface area (Å²) < 4.78 is 27.8. The van der Waals surface area contributed by atoms with E-state index in [1.807, 2.05) is 19.0 Å². The highest BCUT2D eigenvalue weighted by Gasteiger charge is 2.67. The molecular weight excluding hydrogens is 574 g/mol. The number of carbonyl (C=O) groups is 3. The van der Waals surface area contributed by atoms with Crippen molar-refractivity contribution < 1.29 is 33.1 Å². The Hall–Kier alpha value is -3.08. The van der Waals surface area contributed by atoms with E-state index in [1.54, 1.807) is 11.0 Å². The summed E-state index contributed by atoms with van der Waals surface area (Å²) in [5, 5.41) is 2.95. The minimum Gasteiger partial charge on any atom is -0.350 e. The summed E-state index contributed by atoms with van der Waals surface area (Å²) in [6, 6.07) is 7.60. The molecule has 3 N–H and O–H groups in total. The molecule has 0 spiro atoms. The number of nitrogens with one attached hydrogen (secondary N) is 1. The first-order chi connectivity index (χ1) is 19.2. The van der Waals surface area contributed by atoms with E-state index in [-0.39, 0.29) is 52.1 Å². The SMILES string of the molecule is CC(=O)c1cn(CC(=O)N2C(C(=O)NCc3cccc(Cl)c3F)CC3(CN(C)C)CC23)c2cc(P(=O)(O)O)ccc12. The molecule has 13 heteroatoms. The van der Waals surface area contributed by atoms with Crippen molar-refractivity contribution in [3.63, 3.8) is 0 Å². The molecule has 1 saturated carbocycles. The summed E-state index contributed by atoms with van der Waals surface area (Å²) in [6.45, 7) is 1.72. The first-order valence-corrected chi connectivity index (χ1v) is 15.1. The molecule has 0 bridgehead atoms. The monoisotopic (exact) mass is 604 g/mol. The van der Waals surface area contributed by atoms with Crippen molar-refractivity contribution in [3.8, 4) is 0 Å². The van der Waals surface area contributed by atoms with Crippen LogP contribution in [-0.2, 0) is 27.2 Å². The highest BCUT2D eigenvalue weighted by atomic mass is 35.5. The number of piperidine rings is 1. The van der Waals surface area contributed by atoms with Crippen LogP contribution in [0.1, 0.15) is 35.7 Å². The van der Waals surface area contributed by atoms with Crippen molar-refractivity contribution >= 4 is 53.0 Å². The number of Topliss-reactive ketones (excluding diaryl/α,β-unsaturated/α-hetero) is 1. The molecule has 2 fully saturated rings.